The maximum Gasteiger partial charge on any atom is 0.414 e. The molecule has 2 saturated heterocycles. The van der Waals surface area contributed by atoms with Crippen LogP contribution in [0.4, 0.5) is 20.6 Å². The number of hydrogen-bond donors (Lipinski definition) is 1. The number of amides is 2. The van der Waals surface area contributed by atoms with Crippen molar-refractivity contribution in [1.82, 2.24) is 10.0 Å². The number of anilines is 2. The van der Waals surface area contributed by atoms with Gasteiger partial charge >= 0.3 is 6.09 Å². The molecule has 0 aromatic heterocycles. The summed E-state index contributed by atoms with van der Waals surface area (Å²) in [5.41, 5.74) is 0.779. The summed E-state index contributed by atoms with van der Waals surface area (Å²) in [6.07, 6.45) is -0.161. The van der Waals surface area contributed by atoms with E-state index >= 15 is 0 Å². The van der Waals surface area contributed by atoms with E-state index in [9.17, 15) is 18.8 Å². The van der Waals surface area contributed by atoms with Crippen LogP contribution in [0.5, 0.6) is 0 Å². The van der Waals surface area contributed by atoms with Crippen molar-refractivity contribution in [2.45, 2.75) is 25.9 Å². The molecule has 2 amide bonds. The average Bonchev–Trinajstić information content (AvgIpc) is 2.98. The van der Waals surface area contributed by atoms with Crippen molar-refractivity contribution in [3.05, 3.63) is 24.0 Å². The molecule has 1 N–H and O–H groups in total. The van der Waals surface area contributed by atoms with Crippen LogP contribution in [0, 0.1) is 5.82 Å². The zero-order chi connectivity index (χ0) is 21.8. The molecular formula is C20H27FN4O5. The van der Waals surface area contributed by atoms with Crippen LogP contribution in [0.15, 0.2) is 18.2 Å². The normalized spacial score (nSPS) is 20.3. The lowest BCUT2D eigenvalue weighted by Crippen LogP contribution is -2.46. The quantitative estimate of drug-likeness (QED) is 0.731. The molecule has 2 heterocycles. The van der Waals surface area contributed by atoms with Gasteiger partial charge in [-0.3, -0.25) is 14.7 Å². The van der Waals surface area contributed by atoms with Gasteiger partial charge in [-0.15, -0.1) is 0 Å². The highest BCUT2D eigenvalue weighted by Crippen LogP contribution is 2.29. The zero-order valence-electron chi connectivity index (χ0n) is 17.2. The first kappa shape index (κ1) is 22.0. The Morgan fingerprint density at radius 2 is 1.97 bits per heavy atom. The van der Waals surface area contributed by atoms with Crippen molar-refractivity contribution < 1.29 is 28.6 Å². The highest BCUT2D eigenvalue weighted by molar-refractivity contribution is 5.90. The molecule has 1 aromatic rings. The van der Waals surface area contributed by atoms with Crippen molar-refractivity contribution >= 4 is 29.2 Å². The lowest BCUT2D eigenvalue weighted by molar-refractivity contribution is -0.148. The molecule has 9 nitrogen and oxygen atoms in total. The molecule has 1 aromatic carbocycles. The smallest absolute Gasteiger partial charge is 0.414 e. The van der Waals surface area contributed by atoms with Gasteiger partial charge in [-0.25, -0.2) is 14.2 Å². The molecule has 0 radical (unpaired) electrons. The van der Waals surface area contributed by atoms with Gasteiger partial charge in [0.25, 0.3) is 5.91 Å². The van der Waals surface area contributed by atoms with Crippen molar-refractivity contribution in [3.8, 4) is 0 Å². The summed E-state index contributed by atoms with van der Waals surface area (Å²) in [5.74, 6) is -0.846. The summed E-state index contributed by atoms with van der Waals surface area (Å²) in [6.45, 7) is 2.91. The number of ketones is 1. The molecule has 0 unspecified atom stereocenters. The Balaban J connectivity index is 1.69. The molecule has 0 bridgehead atoms. The third-order valence-electron chi connectivity index (χ3n) is 5.39. The SMILES string of the molecule is CC(=O)CC[C@H]1CN(c2ccc(N3CCN(C)N(C(=O)CO)CC3)c(F)c2)C(=O)O1. The third-order valence-corrected chi connectivity index (χ3v) is 5.39. The fourth-order valence-corrected chi connectivity index (χ4v) is 3.69. The standard InChI is InChI=1S/C20H27FN4O5/c1-14(27)3-5-16-12-24(20(29)30-16)15-4-6-18(17(21)11-15)23-8-7-22(2)25(10-9-23)19(28)13-26/h4,6,11,16,26H,3,5,7-10,12-13H2,1-2H3/t16-/m0/s1. The van der Waals surface area contributed by atoms with Crippen molar-refractivity contribution in [1.29, 1.82) is 0 Å². The average molecular weight is 422 g/mol. The van der Waals surface area contributed by atoms with Crippen LogP contribution in [-0.4, -0.2) is 85.4 Å². The maximum absolute atomic E-state index is 14.9. The van der Waals surface area contributed by atoms with Crippen LogP contribution < -0.4 is 9.80 Å². The number of cyclic esters (lactones) is 1. The number of hydrogen-bond acceptors (Lipinski definition) is 7. The Morgan fingerprint density at radius 3 is 2.63 bits per heavy atom. The first-order chi connectivity index (χ1) is 14.3. The molecule has 0 saturated carbocycles. The van der Waals surface area contributed by atoms with E-state index in [4.69, 9.17) is 9.84 Å². The van der Waals surface area contributed by atoms with E-state index in [1.807, 2.05) is 4.90 Å². The second-order valence-corrected chi connectivity index (χ2v) is 7.54. The molecule has 3 rings (SSSR count). The summed E-state index contributed by atoms with van der Waals surface area (Å²) >= 11 is 0. The minimum Gasteiger partial charge on any atom is -0.444 e. The number of hydrazine groups is 1. The zero-order valence-corrected chi connectivity index (χ0v) is 17.2. The van der Waals surface area contributed by atoms with Crippen LogP contribution in [0.1, 0.15) is 19.8 Å². The Labute approximate surface area is 174 Å². The van der Waals surface area contributed by atoms with E-state index in [1.54, 1.807) is 24.2 Å². The molecule has 30 heavy (non-hydrogen) atoms. The number of benzene rings is 1. The van der Waals surface area contributed by atoms with E-state index in [0.717, 1.165) is 0 Å². The number of carbonyl (C=O) groups is 3. The first-order valence-electron chi connectivity index (χ1n) is 9.94. The van der Waals surface area contributed by atoms with Gasteiger partial charge in [0, 0.05) is 33.1 Å². The van der Waals surface area contributed by atoms with E-state index in [2.05, 4.69) is 0 Å². The topological polar surface area (TPSA) is 93.6 Å². The van der Waals surface area contributed by atoms with E-state index < -0.39 is 24.4 Å². The highest BCUT2D eigenvalue weighted by Gasteiger charge is 2.33. The van der Waals surface area contributed by atoms with Crippen LogP contribution in [-0.2, 0) is 14.3 Å². The lowest BCUT2D eigenvalue weighted by atomic mass is 10.1. The van der Waals surface area contributed by atoms with Gasteiger partial charge in [0.05, 0.1) is 24.5 Å². The van der Waals surface area contributed by atoms with Crippen molar-refractivity contribution in [3.63, 3.8) is 0 Å². The van der Waals surface area contributed by atoms with E-state index in [0.29, 0.717) is 50.4 Å². The summed E-state index contributed by atoms with van der Waals surface area (Å²) in [6, 6.07) is 4.58. The number of carbonyl (C=O) groups excluding carboxylic acids is 3. The third kappa shape index (κ3) is 4.88. The Morgan fingerprint density at radius 1 is 1.23 bits per heavy atom. The molecule has 10 heteroatoms. The number of aliphatic hydroxyl groups is 1. The number of aliphatic hydroxyl groups excluding tert-OH is 1. The summed E-state index contributed by atoms with van der Waals surface area (Å²) in [5, 5.41) is 12.3. The van der Waals surface area contributed by atoms with E-state index in [-0.39, 0.29) is 18.4 Å². The van der Waals surface area contributed by atoms with Gasteiger partial charge in [-0.2, -0.15) is 0 Å². The van der Waals surface area contributed by atoms with Gasteiger partial charge in [-0.05, 0) is 31.5 Å². The summed E-state index contributed by atoms with van der Waals surface area (Å²) < 4.78 is 20.2. The van der Waals surface area contributed by atoms with Gasteiger partial charge in [0.1, 0.15) is 24.3 Å². The highest BCUT2D eigenvalue weighted by atomic mass is 19.1. The number of Topliss-reactive ketones (excluding diaryl/α,β-unsaturated/α-hetero) is 1. The second-order valence-electron chi connectivity index (χ2n) is 7.54. The largest absolute Gasteiger partial charge is 0.444 e. The number of rotatable bonds is 6. The molecule has 0 spiro atoms. The predicted octanol–water partition coefficient (Wildman–Crippen LogP) is 1.01. The van der Waals surface area contributed by atoms with Crippen LogP contribution >= 0.6 is 0 Å². The van der Waals surface area contributed by atoms with Crippen molar-refractivity contribution in [2.24, 2.45) is 0 Å². The van der Waals surface area contributed by atoms with Crippen LogP contribution in [0.3, 0.4) is 0 Å². The predicted molar refractivity (Wildman–Crippen MR) is 108 cm³/mol. The number of halogens is 1. The minimum atomic E-state index is -0.577. The molecular weight excluding hydrogens is 395 g/mol. The van der Waals surface area contributed by atoms with E-state index in [1.165, 1.54) is 22.9 Å². The van der Waals surface area contributed by atoms with Crippen LogP contribution in [0.25, 0.3) is 0 Å². The number of likely N-dealkylation sites (N-methyl/N-ethyl adjacent to an activating group) is 1. The van der Waals surface area contributed by atoms with Crippen LogP contribution in [0.2, 0.25) is 0 Å². The molecule has 2 fully saturated rings. The number of ether oxygens (including phenoxy) is 1. The van der Waals surface area contributed by atoms with Gasteiger partial charge in [0.2, 0.25) is 0 Å². The van der Waals surface area contributed by atoms with Gasteiger partial charge in [-0.1, -0.05) is 0 Å². The summed E-state index contributed by atoms with van der Waals surface area (Å²) in [4.78, 5) is 38.3. The van der Waals surface area contributed by atoms with Gasteiger partial charge < -0.3 is 19.5 Å². The second kappa shape index (κ2) is 9.40. The summed E-state index contributed by atoms with van der Waals surface area (Å²) in [7, 11) is 1.75. The maximum atomic E-state index is 14.9. The molecule has 0 aliphatic carbocycles. The molecule has 2 aliphatic rings. The fraction of sp³-hybridized carbons (Fsp3) is 0.550. The Hall–Kier alpha value is -2.72. The van der Waals surface area contributed by atoms with Gasteiger partial charge in [0.15, 0.2) is 0 Å². The fourth-order valence-electron chi connectivity index (χ4n) is 3.69. The number of nitrogens with zero attached hydrogens (tertiary/aromatic N) is 4. The Kier molecular flexibility index (Phi) is 6.88. The van der Waals surface area contributed by atoms with Crippen molar-refractivity contribution in [2.75, 3.05) is 56.2 Å². The Bertz CT molecular complexity index is 820. The molecule has 1 atom stereocenters. The monoisotopic (exact) mass is 422 g/mol. The molecule has 2 aliphatic heterocycles. The first-order valence-corrected chi connectivity index (χ1v) is 9.94. The molecule has 164 valence electrons. The lowest BCUT2D eigenvalue weighted by Gasteiger charge is -2.28. The minimum absolute atomic E-state index is 0.0299.